The fraction of sp³-hybridized carbons (Fsp3) is 0.750. The minimum Gasteiger partial charge on any atom is -0.394 e. The molecule has 0 radical (unpaired) electrons. The Morgan fingerprint density at radius 1 is 1.20 bits per heavy atom. The maximum absolute atomic E-state index is 12.3. The van der Waals surface area contributed by atoms with Gasteiger partial charge in [-0.25, -0.2) is 0 Å². The van der Waals surface area contributed by atoms with E-state index in [1.54, 1.807) is 6.92 Å². The first-order valence-electron chi connectivity index (χ1n) is 8.57. The molecule has 0 unspecified atom stereocenters. The normalized spacial score (nSPS) is 19.1. The maximum Gasteiger partial charge on any atom is 0.245 e. The fourth-order valence-electron chi connectivity index (χ4n) is 2.55. The van der Waals surface area contributed by atoms with Gasteiger partial charge in [0.05, 0.1) is 6.61 Å². The van der Waals surface area contributed by atoms with Gasteiger partial charge < -0.3 is 26.4 Å². The summed E-state index contributed by atoms with van der Waals surface area (Å²) in [5.41, 5.74) is 0. The van der Waals surface area contributed by atoms with Gasteiger partial charge in [-0.15, -0.1) is 0 Å². The highest BCUT2D eigenvalue weighted by atomic mass is 16.3. The van der Waals surface area contributed by atoms with E-state index in [-0.39, 0.29) is 24.2 Å². The first kappa shape index (κ1) is 20.9. The third-order valence-corrected chi connectivity index (χ3v) is 3.82. The van der Waals surface area contributed by atoms with Crippen molar-refractivity contribution < 1.29 is 24.3 Å². The fourth-order valence-corrected chi connectivity index (χ4v) is 2.55. The molecule has 1 saturated heterocycles. The molecule has 1 aliphatic heterocycles. The molecule has 142 valence electrons. The minimum absolute atomic E-state index is 0.170. The van der Waals surface area contributed by atoms with Crippen LogP contribution in [0.15, 0.2) is 0 Å². The van der Waals surface area contributed by atoms with Gasteiger partial charge in [0.15, 0.2) is 0 Å². The first-order valence-corrected chi connectivity index (χ1v) is 8.57. The predicted octanol–water partition coefficient (Wildman–Crippen LogP) is -1.59. The Morgan fingerprint density at radius 3 is 2.36 bits per heavy atom. The quantitative estimate of drug-likeness (QED) is 0.339. The predicted molar refractivity (Wildman–Crippen MR) is 90.3 cm³/mol. The molecule has 1 aliphatic rings. The van der Waals surface area contributed by atoms with E-state index >= 15 is 0 Å². The molecule has 1 heterocycles. The Balaban J connectivity index is 2.66. The van der Waals surface area contributed by atoms with E-state index in [1.165, 1.54) is 0 Å². The van der Waals surface area contributed by atoms with Crippen LogP contribution in [-0.4, -0.2) is 60.0 Å². The van der Waals surface area contributed by atoms with Gasteiger partial charge in [0.2, 0.25) is 23.6 Å². The molecule has 9 heteroatoms. The van der Waals surface area contributed by atoms with Crippen molar-refractivity contribution in [1.29, 1.82) is 0 Å². The van der Waals surface area contributed by atoms with Crippen LogP contribution in [0.25, 0.3) is 0 Å². The molecule has 0 spiro atoms. The number of hydrogen-bond acceptors (Lipinski definition) is 5. The van der Waals surface area contributed by atoms with Crippen LogP contribution < -0.4 is 21.3 Å². The van der Waals surface area contributed by atoms with Crippen LogP contribution in [0.2, 0.25) is 0 Å². The smallest absolute Gasteiger partial charge is 0.245 e. The first-order chi connectivity index (χ1) is 11.8. The zero-order valence-corrected chi connectivity index (χ0v) is 14.9. The lowest BCUT2D eigenvalue weighted by molar-refractivity contribution is -0.133. The average molecular weight is 356 g/mol. The average Bonchev–Trinajstić information content (AvgIpc) is 2.98. The van der Waals surface area contributed by atoms with Crippen LogP contribution in [0.5, 0.6) is 0 Å². The van der Waals surface area contributed by atoms with E-state index in [9.17, 15) is 24.3 Å². The van der Waals surface area contributed by atoms with Gasteiger partial charge in [-0.05, 0) is 25.7 Å². The Morgan fingerprint density at radius 2 is 1.88 bits per heavy atom. The maximum atomic E-state index is 12.3. The molecule has 0 saturated carbocycles. The topological polar surface area (TPSA) is 137 Å². The zero-order valence-electron chi connectivity index (χ0n) is 14.9. The standard InChI is InChI=1S/C16H28N4O5/c1-4-17-14(23)11(7-9(2)3)19-16(25)12(8-21)20-15(24)10-5-6-13(22)18-10/h9-12,21H,4-8H2,1-3H3,(H,17,23)(H,18,22)(H,19,25)(H,20,24)/t10-,11+,12+/m1/s1. The molecule has 0 bridgehead atoms. The van der Waals surface area contributed by atoms with Crippen LogP contribution in [-0.2, 0) is 19.2 Å². The lowest BCUT2D eigenvalue weighted by Crippen LogP contribution is -2.57. The van der Waals surface area contributed by atoms with Crippen molar-refractivity contribution in [1.82, 2.24) is 21.3 Å². The summed E-state index contributed by atoms with van der Waals surface area (Å²) in [6.07, 6.45) is 1.03. The summed E-state index contributed by atoms with van der Waals surface area (Å²) in [4.78, 5) is 47.6. The van der Waals surface area contributed by atoms with E-state index in [2.05, 4.69) is 21.3 Å². The summed E-state index contributed by atoms with van der Waals surface area (Å²) in [7, 11) is 0. The van der Waals surface area contributed by atoms with Gasteiger partial charge in [0.25, 0.3) is 0 Å². The molecule has 4 amide bonds. The van der Waals surface area contributed by atoms with Gasteiger partial charge in [-0.1, -0.05) is 13.8 Å². The highest BCUT2D eigenvalue weighted by Gasteiger charge is 2.31. The molecule has 5 N–H and O–H groups in total. The molecule has 25 heavy (non-hydrogen) atoms. The van der Waals surface area contributed by atoms with Crippen molar-refractivity contribution in [3.05, 3.63) is 0 Å². The van der Waals surface area contributed by atoms with E-state index in [0.717, 1.165) is 0 Å². The van der Waals surface area contributed by atoms with Crippen molar-refractivity contribution in [3.8, 4) is 0 Å². The van der Waals surface area contributed by atoms with Crippen LogP contribution in [0, 0.1) is 5.92 Å². The van der Waals surface area contributed by atoms with E-state index in [4.69, 9.17) is 0 Å². The van der Waals surface area contributed by atoms with Crippen molar-refractivity contribution in [2.24, 2.45) is 5.92 Å². The van der Waals surface area contributed by atoms with Crippen molar-refractivity contribution in [2.45, 2.75) is 58.2 Å². The monoisotopic (exact) mass is 356 g/mol. The zero-order chi connectivity index (χ0) is 19.0. The second-order valence-electron chi connectivity index (χ2n) is 6.49. The Hall–Kier alpha value is -2.16. The molecule has 1 fully saturated rings. The van der Waals surface area contributed by atoms with E-state index in [1.807, 2.05) is 13.8 Å². The largest absolute Gasteiger partial charge is 0.394 e. The summed E-state index contributed by atoms with van der Waals surface area (Å²) in [5.74, 6) is -1.53. The van der Waals surface area contributed by atoms with Gasteiger partial charge in [0.1, 0.15) is 18.1 Å². The van der Waals surface area contributed by atoms with Crippen molar-refractivity contribution in [2.75, 3.05) is 13.2 Å². The number of likely N-dealkylation sites (N-methyl/N-ethyl adjacent to an activating group) is 1. The number of carbonyl (C=O) groups excluding carboxylic acids is 4. The Kier molecular flexibility index (Phi) is 8.33. The van der Waals surface area contributed by atoms with Crippen LogP contribution in [0.4, 0.5) is 0 Å². The molecule has 0 aromatic rings. The molecule has 0 aliphatic carbocycles. The molecule has 3 atom stereocenters. The van der Waals surface area contributed by atoms with Gasteiger partial charge in [-0.2, -0.15) is 0 Å². The lowest BCUT2D eigenvalue weighted by Gasteiger charge is -2.23. The minimum atomic E-state index is -1.19. The molecule has 0 aromatic heterocycles. The highest BCUT2D eigenvalue weighted by molar-refractivity contribution is 5.95. The van der Waals surface area contributed by atoms with E-state index < -0.39 is 36.5 Å². The molecule has 9 nitrogen and oxygen atoms in total. The van der Waals surface area contributed by atoms with Crippen LogP contribution in [0.1, 0.15) is 40.0 Å². The molecule has 0 aromatic carbocycles. The van der Waals surface area contributed by atoms with E-state index in [0.29, 0.717) is 19.4 Å². The Labute approximate surface area is 147 Å². The van der Waals surface area contributed by atoms with Crippen molar-refractivity contribution in [3.63, 3.8) is 0 Å². The second kappa shape index (κ2) is 9.97. The molecule has 1 rings (SSSR count). The molecular formula is C16H28N4O5. The van der Waals surface area contributed by atoms with Crippen LogP contribution in [0.3, 0.4) is 0 Å². The summed E-state index contributed by atoms with van der Waals surface area (Å²) >= 11 is 0. The number of aliphatic hydroxyl groups excluding tert-OH is 1. The highest BCUT2D eigenvalue weighted by Crippen LogP contribution is 2.08. The van der Waals surface area contributed by atoms with Gasteiger partial charge in [-0.3, -0.25) is 19.2 Å². The van der Waals surface area contributed by atoms with Gasteiger partial charge in [0, 0.05) is 13.0 Å². The number of nitrogens with one attached hydrogen (secondary N) is 4. The molecular weight excluding hydrogens is 328 g/mol. The number of amides is 4. The number of carbonyl (C=O) groups is 4. The van der Waals surface area contributed by atoms with Crippen molar-refractivity contribution >= 4 is 23.6 Å². The summed E-state index contributed by atoms with van der Waals surface area (Å²) in [5, 5.41) is 19.5. The summed E-state index contributed by atoms with van der Waals surface area (Å²) in [6.45, 7) is 5.45. The SMILES string of the molecule is CCNC(=O)[C@H](CC(C)C)NC(=O)[C@H](CO)NC(=O)[C@H]1CCC(=O)N1. The second-order valence-corrected chi connectivity index (χ2v) is 6.49. The third kappa shape index (κ3) is 6.69. The third-order valence-electron chi connectivity index (χ3n) is 3.82. The number of hydrogen-bond donors (Lipinski definition) is 5. The summed E-state index contributed by atoms with van der Waals surface area (Å²) in [6, 6.07) is -2.64. The number of aliphatic hydroxyl groups is 1. The van der Waals surface area contributed by atoms with Gasteiger partial charge >= 0.3 is 0 Å². The lowest BCUT2D eigenvalue weighted by atomic mass is 10.0. The Bertz CT molecular complexity index is 509. The number of rotatable bonds is 9. The summed E-state index contributed by atoms with van der Waals surface area (Å²) < 4.78 is 0. The van der Waals surface area contributed by atoms with Crippen LogP contribution >= 0.6 is 0 Å².